The molecule has 0 aromatic rings. The first-order valence-electron chi connectivity index (χ1n) is 5.33. The molecule has 1 fully saturated rings. The number of carbonyl (C=O) groups is 2. The first kappa shape index (κ1) is 12.0. The summed E-state index contributed by atoms with van der Waals surface area (Å²) in [5, 5.41) is 14.5. The van der Waals surface area contributed by atoms with Crippen LogP contribution in [0.25, 0.3) is 0 Å². The molecule has 0 aromatic carbocycles. The van der Waals surface area contributed by atoms with Crippen LogP contribution in [0.15, 0.2) is 0 Å². The van der Waals surface area contributed by atoms with Crippen molar-refractivity contribution in [1.29, 1.82) is 0 Å². The molecule has 1 aliphatic heterocycles. The lowest BCUT2D eigenvalue weighted by Gasteiger charge is -2.26. The van der Waals surface area contributed by atoms with Crippen molar-refractivity contribution in [2.24, 2.45) is 11.8 Å². The van der Waals surface area contributed by atoms with Crippen LogP contribution in [0, 0.1) is 11.8 Å². The number of carboxylic acid groups (broad SMARTS) is 1. The fourth-order valence-corrected chi connectivity index (χ4v) is 1.47. The molecule has 1 atom stereocenters. The third kappa shape index (κ3) is 3.87. The molecule has 5 heteroatoms. The van der Waals surface area contributed by atoms with Gasteiger partial charge in [-0.15, -0.1) is 0 Å². The zero-order chi connectivity index (χ0) is 11.3. The Morgan fingerprint density at radius 1 is 1.53 bits per heavy atom. The number of rotatable bonds is 6. The monoisotopic (exact) mass is 214 g/mol. The third-order valence-corrected chi connectivity index (χ3v) is 2.73. The Labute approximate surface area is 89.2 Å². The normalized spacial score (nSPS) is 17.9. The number of aliphatic carboxylic acids is 1. The number of amides is 1. The molecule has 0 saturated carbocycles. The maximum atomic E-state index is 11.4. The molecule has 3 N–H and O–H groups in total. The van der Waals surface area contributed by atoms with Gasteiger partial charge in [0, 0.05) is 13.0 Å². The molecule has 1 saturated heterocycles. The Kier molecular flexibility index (Phi) is 4.55. The van der Waals surface area contributed by atoms with Crippen LogP contribution < -0.4 is 10.6 Å². The molecular weight excluding hydrogens is 196 g/mol. The fourth-order valence-electron chi connectivity index (χ4n) is 1.47. The van der Waals surface area contributed by atoms with Crippen LogP contribution in [-0.2, 0) is 9.59 Å². The maximum Gasteiger partial charge on any atom is 0.308 e. The van der Waals surface area contributed by atoms with E-state index in [9.17, 15) is 9.59 Å². The van der Waals surface area contributed by atoms with Crippen LogP contribution in [-0.4, -0.2) is 36.6 Å². The van der Waals surface area contributed by atoms with Crippen molar-refractivity contribution < 1.29 is 14.7 Å². The Balaban J connectivity index is 2.16. The minimum atomic E-state index is -0.844. The Bertz CT molecular complexity index is 239. The summed E-state index contributed by atoms with van der Waals surface area (Å²) in [7, 11) is 0. The standard InChI is InChI=1S/C10H18N2O3/c1-2-8(10(14)15)6-12-9(13)3-7-4-11-5-7/h7-8,11H,2-6H2,1H3,(H,12,13)(H,14,15). The van der Waals surface area contributed by atoms with Gasteiger partial charge in [-0.3, -0.25) is 9.59 Å². The van der Waals surface area contributed by atoms with Gasteiger partial charge in [0.15, 0.2) is 0 Å². The van der Waals surface area contributed by atoms with Gasteiger partial charge in [-0.1, -0.05) is 6.92 Å². The number of carbonyl (C=O) groups excluding carboxylic acids is 1. The van der Waals surface area contributed by atoms with E-state index in [1.165, 1.54) is 0 Å². The number of carboxylic acids is 1. The van der Waals surface area contributed by atoms with Crippen LogP contribution in [0.2, 0.25) is 0 Å². The molecule has 0 radical (unpaired) electrons. The van der Waals surface area contributed by atoms with Crippen LogP contribution in [0.3, 0.4) is 0 Å². The predicted molar refractivity (Wildman–Crippen MR) is 55.4 cm³/mol. The third-order valence-electron chi connectivity index (χ3n) is 2.73. The summed E-state index contributed by atoms with van der Waals surface area (Å²) in [5.74, 6) is -0.923. The average Bonchev–Trinajstić information content (AvgIpc) is 2.12. The Morgan fingerprint density at radius 2 is 2.20 bits per heavy atom. The van der Waals surface area contributed by atoms with Gasteiger partial charge >= 0.3 is 5.97 Å². The second-order valence-corrected chi connectivity index (χ2v) is 3.98. The minimum absolute atomic E-state index is 0.0406. The van der Waals surface area contributed by atoms with Gasteiger partial charge in [-0.25, -0.2) is 0 Å². The predicted octanol–water partition coefficient (Wildman–Crippen LogP) is -0.177. The van der Waals surface area contributed by atoms with Gasteiger partial charge in [-0.05, 0) is 25.4 Å². The zero-order valence-corrected chi connectivity index (χ0v) is 8.95. The van der Waals surface area contributed by atoms with Gasteiger partial charge in [0.2, 0.25) is 5.91 Å². The minimum Gasteiger partial charge on any atom is -0.481 e. The maximum absolute atomic E-state index is 11.4. The van der Waals surface area contributed by atoms with E-state index in [1.807, 2.05) is 0 Å². The summed E-state index contributed by atoms with van der Waals surface area (Å²) in [6, 6.07) is 0. The lowest BCUT2D eigenvalue weighted by atomic mass is 9.99. The molecule has 0 aromatic heterocycles. The first-order valence-corrected chi connectivity index (χ1v) is 5.33. The van der Waals surface area contributed by atoms with Crippen LogP contribution in [0.1, 0.15) is 19.8 Å². The van der Waals surface area contributed by atoms with E-state index >= 15 is 0 Å². The molecule has 1 aliphatic rings. The second-order valence-electron chi connectivity index (χ2n) is 3.98. The van der Waals surface area contributed by atoms with E-state index in [0.717, 1.165) is 13.1 Å². The molecule has 0 aliphatic carbocycles. The quantitative estimate of drug-likeness (QED) is 0.573. The lowest BCUT2D eigenvalue weighted by molar-refractivity contribution is -0.141. The number of hydrogen-bond donors (Lipinski definition) is 3. The highest BCUT2D eigenvalue weighted by Crippen LogP contribution is 2.08. The topological polar surface area (TPSA) is 78.4 Å². The Morgan fingerprint density at radius 3 is 2.60 bits per heavy atom. The summed E-state index contributed by atoms with van der Waals surface area (Å²) in [5.41, 5.74) is 0. The van der Waals surface area contributed by atoms with Gasteiger partial charge < -0.3 is 15.7 Å². The van der Waals surface area contributed by atoms with Gasteiger partial charge in [0.05, 0.1) is 5.92 Å². The molecule has 1 amide bonds. The highest BCUT2D eigenvalue weighted by Gasteiger charge is 2.21. The molecule has 0 spiro atoms. The molecular formula is C10H18N2O3. The van der Waals surface area contributed by atoms with E-state index < -0.39 is 11.9 Å². The summed E-state index contributed by atoms with van der Waals surface area (Å²) < 4.78 is 0. The Hall–Kier alpha value is -1.10. The van der Waals surface area contributed by atoms with Crippen LogP contribution >= 0.6 is 0 Å². The highest BCUT2D eigenvalue weighted by molar-refractivity contribution is 5.77. The van der Waals surface area contributed by atoms with Crippen molar-refractivity contribution in [3.63, 3.8) is 0 Å². The first-order chi connectivity index (χ1) is 7.13. The largest absolute Gasteiger partial charge is 0.481 e. The molecule has 1 rings (SSSR count). The molecule has 5 nitrogen and oxygen atoms in total. The van der Waals surface area contributed by atoms with Crippen molar-refractivity contribution in [2.75, 3.05) is 19.6 Å². The van der Waals surface area contributed by atoms with E-state index in [4.69, 9.17) is 5.11 Å². The molecule has 1 unspecified atom stereocenters. The number of hydrogen-bond acceptors (Lipinski definition) is 3. The molecule has 1 heterocycles. The fraction of sp³-hybridized carbons (Fsp3) is 0.800. The van der Waals surface area contributed by atoms with E-state index in [2.05, 4.69) is 10.6 Å². The molecule has 0 bridgehead atoms. The summed E-state index contributed by atoms with van der Waals surface area (Å²) in [6.45, 7) is 3.83. The molecule has 86 valence electrons. The summed E-state index contributed by atoms with van der Waals surface area (Å²) in [4.78, 5) is 22.0. The van der Waals surface area contributed by atoms with E-state index in [-0.39, 0.29) is 12.5 Å². The van der Waals surface area contributed by atoms with Crippen molar-refractivity contribution in [1.82, 2.24) is 10.6 Å². The number of nitrogens with one attached hydrogen (secondary N) is 2. The van der Waals surface area contributed by atoms with Crippen molar-refractivity contribution >= 4 is 11.9 Å². The van der Waals surface area contributed by atoms with Gasteiger partial charge in [0.1, 0.15) is 0 Å². The SMILES string of the molecule is CCC(CNC(=O)CC1CNC1)C(=O)O. The van der Waals surface area contributed by atoms with Crippen molar-refractivity contribution in [2.45, 2.75) is 19.8 Å². The van der Waals surface area contributed by atoms with Crippen LogP contribution in [0.5, 0.6) is 0 Å². The summed E-state index contributed by atoms with van der Waals surface area (Å²) in [6.07, 6.45) is 1.05. The van der Waals surface area contributed by atoms with Gasteiger partial charge in [-0.2, -0.15) is 0 Å². The lowest BCUT2D eigenvalue weighted by Crippen LogP contribution is -2.45. The van der Waals surface area contributed by atoms with Crippen molar-refractivity contribution in [3.05, 3.63) is 0 Å². The second kappa shape index (κ2) is 5.70. The summed E-state index contributed by atoms with van der Waals surface area (Å²) >= 11 is 0. The highest BCUT2D eigenvalue weighted by atomic mass is 16.4. The van der Waals surface area contributed by atoms with Gasteiger partial charge in [0.25, 0.3) is 0 Å². The van der Waals surface area contributed by atoms with E-state index in [1.54, 1.807) is 6.92 Å². The smallest absolute Gasteiger partial charge is 0.308 e. The molecule has 15 heavy (non-hydrogen) atoms. The van der Waals surface area contributed by atoms with Crippen LogP contribution in [0.4, 0.5) is 0 Å². The zero-order valence-electron chi connectivity index (χ0n) is 8.95. The van der Waals surface area contributed by atoms with Crippen molar-refractivity contribution in [3.8, 4) is 0 Å². The van der Waals surface area contributed by atoms with E-state index in [0.29, 0.717) is 18.8 Å². The average molecular weight is 214 g/mol.